The number of nitro benzene ring substituents is 1. The Morgan fingerprint density at radius 3 is 2.57 bits per heavy atom. The van der Waals surface area contributed by atoms with Crippen molar-refractivity contribution in [3.8, 4) is 0 Å². The summed E-state index contributed by atoms with van der Waals surface area (Å²) >= 11 is 12.3. The van der Waals surface area contributed by atoms with Crippen LogP contribution in [0.5, 0.6) is 0 Å². The third-order valence-electron chi connectivity index (χ3n) is 2.58. The zero-order valence-electron chi connectivity index (χ0n) is 10.3. The molecule has 0 atom stereocenters. The van der Waals surface area contributed by atoms with E-state index in [2.05, 4.69) is 37.2 Å². The molecule has 0 aliphatic rings. The lowest BCUT2D eigenvalue weighted by molar-refractivity contribution is -0.383. The second-order valence-corrected chi connectivity index (χ2v) is 6.20. The molecule has 1 amide bonds. The fraction of sp³-hybridized carbons (Fsp3) is 0. The summed E-state index contributed by atoms with van der Waals surface area (Å²) in [5, 5.41) is 13.7. The van der Waals surface area contributed by atoms with Crippen molar-refractivity contribution in [1.82, 2.24) is 0 Å². The van der Waals surface area contributed by atoms with Crippen LogP contribution in [-0.4, -0.2) is 10.8 Å². The summed E-state index contributed by atoms with van der Waals surface area (Å²) in [7, 11) is 0. The summed E-state index contributed by atoms with van der Waals surface area (Å²) in [4.78, 5) is 22.6. The quantitative estimate of drug-likeness (QED) is 0.544. The van der Waals surface area contributed by atoms with Gasteiger partial charge in [-0.25, -0.2) is 0 Å². The Hall–Kier alpha value is -1.44. The van der Waals surface area contributed by atoms with Crippen LogP contribution in [0.3, 0.4) is 0 Å². The van der Waals surface area contributed by atoms with E-state index in [0.29, 0.717) is 10.0 Å². The van der Waals surface area contributed by atoms with Crippen molar-refractivity contribution in [2.75, 3.05) is 5.32 Å². The van der Waals surface area contributed by atoms with Crippen molar-refractivity contribution in [2.24, 2.45) is 0 Å². The molecule has 2 rings (SSSR count). The molecule has 0 unspecified atom stereocenters. The summed E-state index contributed by atoms with van der Waals surface area (Å²) in [5.41, 5.74) is 0.178. The van der Waals surface area contributed by atoms with Crippen LogP contribution in [0.4, 0.5) is 11.4 Å². The standard InChI is InChI=1S/C13H7Br2ClN2O3/c14-7-1-3-10(15)9(5-7)13(19)17-11-4-2-8(16)6-12(11)18(20)21/h1-6H,(H,17,19). The molecule has 0 spiro atoms. The molecule has 0 aliphatic carbocycles. The first-order valence-electron chi connectivity index (χ1n) is 5.59. The number of hydrogen-bond acceptors (Lipinski definition) is 3. The van der Waals surface area contributed by atoms with Crippen LogP contribution >= 0.6 is 43.5 Å². The first-order valence-corrected chi connectivity index (χ1v) is 7.55. The molecule has 0 saturated carbocycles. The Bertz CT molecular complexity index is 737. The van der Waals surface area contributed by atoms with E-state index < -0.39 is 10.8 Å². The maximum absolute atomic E-state index is 12.2. The van der Waals surface area contributed by atoms with Crippen LogP contribution in [0, 0.1) is 10.1 Å². The van der Waals surface area contributed by atoms with Crippen LogP contribution in [0.25, 0.3) is 0 Å². The molecular formula is C13H7Br2ClN2O3. The number of nitro groups is 1. The molecule has 8 heteroatoms. The molecule has 21 heavy (non-hydrogen) atoms. The summed E-state index contributed by atoms with van der Waals surface area (Å²) < 4.78 is 1.31. The lowest BCUT2D eigenvalue weighted by Gasteiger charge is -2.08. The predicted octanol–water partition coefficient (Wildman–Crippen LogP) is 5.03. The Morgan fingerprint density at radius 1 is 1.19 bits per heavy atom. The van der Waals surface area contributed by atoms with Gasteiger partial charge in [0.05, 0.1) is 10.5 Å². The number of amides is 1. The zero-order valence-corrected chi connectivity index (χ0v) is 14.2. The summed E-state index contributed by atoms with van der Waals surface area (Å²) in [6.07, 6.45) is 0. The fourth-order valence-corrected chi connectivity index (χ4v) is 2.58. The molecule has 0 bridgehead atoms. The monoisotopic (exact) mass is 432 g/mol. The Morgan fingerprint density at radius 2 is 1.90 bits per heavy atom. The van der Waals surface area contributed by atoms with Gasteiger partial charge in [-0.05, 0) is 46.3 Å². The highest BCUT2D eigenvalue weighted by Gasteiger charge is 2.18. The molecule has 5 nitrogen and oxygen atoms in total. The average molecular weight is 434 g/mol. The first-order chi connectivity index (χ1) is 9.88. The SMILES string of the molecule is O=C(Nc1ccc(Cl)cc1[N+](=O)[O-])c1cc(Br)ccc1Br. The largest absolute Gasteiger partial charge is 0.316 e. The van der Waals surface area contributed by atoms with Gasteiger partial charge >= 0.3 is 0 Å². The van der Waals surface area contributed by atoms with Crippen LogP contribution in [0.2, 0.25) is 5.02 Å². The maximum atomic E-state index is 12.2. The van der Waals surface area contributed by atoms with Gasteiger partial charge in [0.15, 0.2) is 0 Å². The molecule has 0 aromatic heterocycles. The number of nitrogens with zero attached hydrogens (tertiary/aromatic N) is 1. The number of nitrogens with one attached hydrogen (secondary N) is 1. The average Bonchev–Trinajstić information content (AvgIpc) is 2.43. The van der Waals surface area contributed by atoms with Crippen LogP contribution in [-0.2, 0) is 0 Å². The molecule has 0 saturated heterocycles. The highest BCUT2D eigenvalue weighted by atomic mass is 79.9. The van der Waals surface area contributed by atoms with Crippen molar-refractivity contribution in [1.29, 1.82) is 0 Å². The number of carbonyl (C=O) groups is 1. The van der Waals surface area contributed by atoms with Crippen LogP contribution in [0.1, 0.15) is 10.4 Å². The number of benzene rings is 2. The smallest absolute Gasteiger partial charge is 0.294 e. The van der Waals surface area contributed by atoms with Gasteiger partial charge in [-0.15, -0.1) is 0 Å². The van der Waals surface area contributed by atoms with Gasteiger partial charge < -0.3 is 5.32 Å². The van der Waals surface area contributed by atoms with E-state index in [-0.39, 0.29) is 16.4 Å². The van der Waals surface area contributed by atoms with E-state index in [4.69, 9.17) is 11.6 Å². The third kappa shape index (κ3) is 3.81. The predicted molar refractivity (Wildman–Crippen MR) is 87.9 cm³/mol. The molecule has 108 valence electrons. The molecule has 2 aromatic rings. The maximum Gasteiger partial charge on any atom is 0.294 e. The van der Waals surface area contributed by atoms with E-state index in [1.165, 1.54) is 18.2 Å². The summed E-state index contributed by atoms with van der Waals surface area (Å²) in [5.74, 6) is -0.464. The van der Waals surface area contributed by atoms with Gasteiger partial charge in [0.2, 0.25) is 0 Å². The van der Waals surface area contributed by atoms with Gasteiger partial charge in [-0.3, -0.25) is 14.9 Å². The Kier molecular flexibility index (Phi) is 4.97. The van der Waals surface area contributed by atoms with Gasteiger partial charge in [0.25, 0.3) is 11.6 Å². The molecule has 0 fully saturated rings. The van der Waals surface area contributed by atoms with E-state index in [1.54, 1.807) is 18.2 Å². The number of hydrogen-bond donors (Lipinski definition) is 1. The second-order valence-electron chi connectivity index (χ2n) is 4.00. The number of anilines is 1. The highest BCUT2D eigenvalue weighted by Crippen LogP contribution is 2.29. The van der Waals surface area contributed by atoms with E-state index in [1.807, 2.05) is 0 Å². The summed E-state index contributed by atoms with van der Waals surface area (Å²) in [6.45, 7) is 0. The van der Waals surface area contributed by atoms with E-state index >= 15 is 0 Å². The van der Waals surface area contributed by atoms with Crippen molar-refractivity contribution in [3.63, 3.8) is 0 Å². The second kappa shape index (κ2) is 6.55. The lowest BCUT2D eigenvalue weighted by atomic mass is 10.2. The molecule has 0 aliphatic heterocycles. The fourth-order valence-electron chi connectivity index (χ4n) is 1.62. The highest BCUT2D eigenvalue weighted by molar-refractivity contribution is 9.11. The van der Waals surface area contributed by atoms with Crippen molar-refractivity contribution in [2.45, 2.75) is 0 Å². The number of carbonyl (C=O) groups excluding carboxylic acids is 1. The Balaban J connectivity index is 2.36. The lowest BCUT2D eigenvalue weighted by Crippen LogP contribution is -2.13. The zero-order chi connectivity index (χ0) is 15.6. The molecule has 1 N–H and O–H groups in total. The van der Waals surface area contributed by atoms with Crippen molar-refractivity contribution < 1.29 is 9.72 Å². The topological polar surface area (TPSA) is 72.2 Å². The van der Waals surface area contributed by atoms with Gasteiger partial charge in [0.1, 0.15) is 5.69 Å². The van der Waals surface area contributed by atoms with Crippen LogP contribution < -0.4 is 5.32 Å². The first kappa shape index (κ1) is 15.9. The van der Waals surface area contributed by atoms with E-state index in [0.717, 1.165) is 4.47 Å². The van der Waals surface area contributed by atoms with Crippen LogP contribution in [0.15, 0.2) is 45.3 Å². The van der Waals surface area contributed by atoms with Crippen molar-refractivity contribution in [3.05, 3.63) is 66.0 Å². The number of halogens is 3. The van der Waals surface area contributed by atoms with Gasteiger partial charge in [0, 0.05) is 20.0 Å². The Labute approximate surface area is 141 Å². The summed E-state index contributed by atoms with van der Waals surface area (Å²) in [6, 6.07) is 9.14. The van der Waals surface area contributed by atoms with Gasteiger partial charge in [-0.2, -0.15) is 0 Å². The number of rotatable bonds is 3. The molecular weight excluding hydrogens is 427 g/mol. The minimum Gasteiger partial charge on any atom is -0.316 e. The molecule has 0 heterocycles. The minimum atomic E-state index is -0.600. The van der Waals surface area contributed by atoms with E-state index in [9.17, 15) is 14.9 Å². The molecule has 2 aromatic carbocycles. The third-order valence-corrected chi connectivity index (χ3v) is 4.00. The normalized spacial score (nSPS) is 10.2. The molecule has 0 radical (unpaired) electrons. The van der Waals surface area contributed by atoms with Gasteiger partial charge in [-0.1, -0.05) is 27.5 Å². The minimum absolute atomic E-state index is 0.0845. The van der Waals surface area contributed by atoms with Crippen molar-refractivity contribution >= 4 is 60.7 Å².